The molecule has 2 N–H and O–H groups in total. The van der Waals surface area contributed by atoms with E-state index in [1.54, 1.807) is 39.1 Å². The van der Waals surface area contributed by atoms with Crippen molar-refractivity contribution in [1.29, 1.82) is 5.26 Å². The maximum Gasteiger partial charge on any atom is 0.234 e. The fourth-order valence-electron chi connectivity index (χ4n) is 1.84. The third-order valence-electron chi connectivity index (χ3n) is 3.64. The molecule has 25 heavy (non-hydrogen) atoms. The Morgan fingerprint density at radius 3 is 2.76 bits per heavy atom. The minimum absolute atomic E-state index is 0.0697. The molecule has 7 nitrogen and oxygen atoms in total. The van der Waals surface area contributed by atoms with Gasteiger partial charge in [0.2, 0.25) is 11.1 Å². The number of benzene rings is 1. The average Bonchev–Trinajstić information content (AvgIpc) is 2.94. The first-order chi connectivity index (χ1) is 11.7. The Bertz CT molecular complexity index is 845. The van der Waals surface area contributed by atoms with Crippen molar-refractivity contribution in [2.45, 2.75) is 24.5 Å². The maximum absolute atomic E-state index is 12.2. The van der Waals surface area contributed by atoms with Gasteiger partial charge in [-0.1, -0.05) is 35.0 Å². The smallest absolute Gasteiger partial charge is 0.234 e. The van der Waals surface area contributed by atoms with Crippen LogP contribution in [0.1, 0.15) is 13.8 Å². The Morgan fingerprint density at radius 2 is 2.12 bits per heavy atom. The summed E-state index contributed by atoms with van der Waals surface area (Å²) in [5, 5.41) is 18.4. The Labute approximate surface area is 159 Å². The Balaban J connectivity index is 2.16. The second-order valence-corrected chi connectivity index (χ2v) is 7.50. The van der Waals surface area contributed by atoms with Crippen LogP contribution in [0.2, 0.25) is 10.0 Å². The molecule has 0 saturated carbocycles. The minimum Gasteiger partial charge on any atom is -0.335 e. The summed E-state index contributed by atoms with van der Waals surface area (Å²) in [4.78, 5) is 13.6. The number of hydrogen-bond donors (Lipinski definition) is 1. The van der Waals surface area contributed by atoms with Crippen LogP contribution in [-0.4, -0.2) is 44.0 Å². The predicted octanol–water partition coefficient (Wildman–Crippen LogP) is 2.82. The van der Waals surface area contributed by atoms with Gasteiger partial charge < -0.3 is 10.7 Å². The van der Waals surface area contributed by atoms with Crippen LogP contribution in [0.3, 0.4) is 0 Å². The van der Waals surface area contributed by atoms with E-state index in [0.717, 1.165) is 11.8 Å². The monoisotopic (exact) mass is 398 g/mol. The third kappa shape index (κ3) is 4.18. The summed E-state index contributed by atoms with van der Waals surface area (Å²) in [6, 6.07) is 7.02. The van der Waals surface area contributed by atoms with Gasteiger partial charge in [-0.2, -0.15) is 5.26 Å². The first-order valence-electron chi connectivity index (χ1n) is 7.14. The number of nitrogens with two attached hydrogens (primary N) is 1. The molecule has 0 aliphatic carbocycles. The Hall–Kier alpha value is -1.95. The van der Waals surface area contributed by atoms with Crippen LogP contribution in [0.4, 0.5) is 0 Å². The number of rotatable bonds is 5. The van der Waals surface area contributed by atoms with Gasteiger partial charge in [0.15, 0.2) is 5.82 Å². The fraction of sp³-hybridized carbons (Fsp3) is 0.333. The molecular formula is C15H16Cl2N6OS. The maximum atomic E-state index is 12.2. The zero-order chi connectivity index (χ0) is 18.8. The summed E-state index contributed by atoms with van der Waals surface area (Å²) >= 11 is 13.3. The molecule has 0 saturated heterocycles. The van der Waals surface area contributed by atoms with E-state index < -0.39 is 5.54 Å². The molecule has 0 aliphatic heterocycles. The van der Waals surface area contributed by atoms with E-state index in [1.165, 1.54) is 9.58 Å². The second kappa shape index (κ2) is 7.52. The topological polar surface area (TPSA) is 101 Å². The van der Waals surface area contributed by atoms with Gasteiger partial charge >= 0.3 is 0 Å². The molecule has 0 spiro atoms. The summed E-state index contributed by atoms with van der Waals surface area (Å²) in [6.07, 6.45) is 0. The summed E-state index contributed by atoms with van der Waals surface area (Å²) < 4.78 is 1.25. The van der Waals surface area contributed by atoms with Crippen LogP contribution < -0.4 is 5.84 Å². The van der Waals surface area contributed by atoms with Crippen molar-refractivity contribution in [3.8, 4) is 17.5 Å². The SMILES string of the molecule is CN(C(=O)CSc1nnc(-c2cc(Cl)ccc2Cl)n1N)C(C)(C)C#N. The lowest BCUT2D eigenvalue weighted by atomic mass is 10.1. The number of hydrogen-bond acceptors (Lipinski definition) is 6. The van der Waals surface area contributed by atoms with Crippen molar-refractivity contribution in [1.82, 2.24) is 19.8 Å². The quantitative estimate of drug-likeness (QED) is 0.613. The lowest BCUT2D eigenvalue weighted by molar-refractivity contribution is -0.130. The first kappa shape index (κ1) is 19.4. The lowest BCUT2D eigenvalue weighted by Crippen LogP contribution is -2.44. The Kier molecular flexibility index (Phi) is 5.83. The van der Waals surface area contributed by atoms with Gasteiger partial charge in [0.05, 0.1) is 16.8 Å². The van der Waals surface area contributed by atoms with Gasteiger partial charge in [0.25, 0.3) is 0 Å². The minimum atomic E-state index is -0.895. The van der Waals surface area contributed by atoms with Crippen LogP contribution >= 0.6 is 35.0 Å². The lowest BCUT2D eigenvalue weighted by Gasteiger charge is -2.28. The molecule has 0 bridgehead atoms. The van der Waals surface area contributed by atoms with E-state index in [-0.39, 0.29) is 11.7 Å². The first-order valence-corrected chi connectivity index (χ1v) is 8.88. The molecule has 1 aromatic carbocycles. The third-order valence-corrected chi connectivity index (χ3v) is 5.14. The van der Waals surface area contributed by atoms with Crippen LogP contribution in [0.15, 0.2) is 23.4 Å². The standard InChI is InChI=1S/C15H16Cl2N6OS/c1-15(2,8-18)22(3)12(24)7-25-14-21-20-13(23(14)19)10-6-9(16)4-5-11(10)17/h4-6H,7,19H2,1-3H3. The molecule has 0 unspecified atom stereocenters. The summed E-state index contributed by atoms with van der Waals surface area (Å²) in [5.41, 5.74) is -0.349. The highest BCUT2D eigenvalue weighted by molar-refractivity contribution is 7.99. The highest BCUT2D eigenvalue weighted by Crippen LogP contribution is 2.30. The van der Waals surface area contributed by atoms with Crippen LogP contribution in [0.25, 0.3) is 11.4 Å². The molecule has 0 aliphatic rings. The zero-order valence-corrected chi connectivity index (χ0v) is 16.2. The van der Waals surface area contributed by atoms with E-state index in [9.17, 15) is 4.79 Å². The van der Waals surface area contributed by atoms with Gasteiger partial charge in [-0.05, 0) is 32.0 Å². The van der Waals surface area contributed by atoms with E-state index in [1.807, 2.05) is 0 Å². The number of carbonyl (C=O) groups excluding carboxylic acids is 1. The molecule has 10 heteroatoms. The molecule has 1 heterocycles. The van der Waals surface area contributed by atoms with Gasteiger partial charge in [-0.3, -0.25) is 4.79 Å². The van der Waals surface area contributed by atoms with Crippen molar-refractivity contribution in [3.05, 3.63) is 28.2 Å². The van der Waals surface area contributed by atoms with Crippen LogP contribution in [0, 0.1) is 11.3 Å². The number of nitrogens with zero attached hydrogens (tertiary/aromatic N) is 5. The number of nitriles is 1. The number of thioether (sulfide) groups is 1. The molecule has 0 radical (unpaired) electrons. The summed E-state index contributed by atoms with van der Waals surface area (Å²) in [6.45, 7) is 3.33. The second-order valence-electron chi connectivity index (χ2n) is 5.71. The van der Waals surface area contributed by atoms with Crippen molar-refractivity contribution >= 4 is 40.9 Å². The van der Waals surface area contributed by atoms with Crippen molar-refractivity contribution in [2.75, 3.05) is 18.6 Å². The average molecular weight is 399 g/mol. The normalized spacial score (nSPS) is 11.2. The highest BCUT2D eigenvalue weighted by Gasteiger charge is 2.27. The van der Waals surface area contributed by atoms with Crippen LogP contribution in [-0.2, 0) is 4.79 Å². The Morgan fingerprint density at radius 1 is 1.44 bits per heavy atom. The van der Waals surface area contributed by atoms with Crippen molar-refractivity contribution in [2.24, 2.45) is 0 Å². The van der Waals surface area contributed by atoms with Gasteiger partial charge in [0.1, 0.15) is 5.54 Å². The molecule has 132 valence electrons. The number of carbonyl (C=O) groups is 1. The number of aromatic nitrogens is 3. The molecule has 1 amide bonds. The molecule has 1 aromatic heterocycles. The van der Waals surface area contributed by atoms with Gasteiger partial charge in [-0.25, -0.2) is 4.68 Å². The summed E-state index contributed by atoms with van der Waals surface area (Å²) in [7, 11) is 1.58. The molecule has 2 rings (SSSR count). The van der Waals surface area contributed by atoms with E-state index in [2.05, 4.69) is 16.3 Å². The fourth-order valence-corrected chi connectivity index (χ4v) is 2.98. The van der Waals surface area contributed by atoms with Crippen LogP contribution in [0.5, 0.6) is 0 Å². The number of amides is 1. The predicted molar refractivity (Wildman–Crippen MR) is 98.8 cm³/mol. The van der Waals surface area contributed by atoms with Crippen molar-refractivity contribution in [3.63, 3.8) is 0 Å². The largest absolute Gasteiger partial charge is 0.335 e. The van der Waals surface area contributed by atoms with Gasteiger partial charge in [-0.15, -0.1) is 10.2 Å². The number of halogens is 2. The molecular weight excluding hydrogens is 383 g/mol. The number of nitrogen functional groups attached to an aromatic ring is 1. The molecule has 2 aromatic rings. The van der Waals surface area contributed by atoms with E-state index in [4.69, 9.17) is 34.3 Å². The van der Waals surface area contributed by atoms with Crippen molar-refractivity contribution < 1.29 is 4.79 Å². The molecule has 0 fully saturated rings. The zero-order valence-electron chi connectivity index (χ0n) is 13.8. The van der Waals surface area contributed by atoms with E-state index in [0.29, 0.717) is 26.6 Å². The molecule has 0 atom stereocenters. The van der Waals surface area contributed by atoms with Gasteiger partial charge in [0, 0.05) is 17.6 Å². The highest BCUT2D eigenvalue weighted by atomic mass is 35.5. The van der Waals surface area contributed by atoms with E-state index >= 15 is 0 Å². The summed E-state index contributed by atoms with van der Waals surface area (Å²) in [5.74, 6) is 6.21.